The van der Waals surface area contributed by atoms with E-state index in [9.17, 15) is 4.39 Å². The minimum atomic E-state index is -0.430. The van der Waals surface area contributed by atoms with Crippen LogP contribution in [-0.2, 0) is 12.8 Å². The number of benzene rings is 1. The predicted molar refractivity (Wildman–Crippen MR) is 78.0 cm³/mol. The molecule has 1 aromatic carbocycles. The van der Waals surface area contributed by atoms with Gasteiger partial charge in [-0.2, -0.15) is 0 Å². The zero-order chi connectivity index (χ0) is 13.9. The van der Waals surface area contributed by atoms with Gasteiger partial charge in [0.2, 0.25) is 5.95 Å². The van der Waals surface area contributed by atoms with Gasteiger partial charge in [-0.25, -0.2) is 14.4 Å². The van der Waals surface area contributed by atoms with E-state index in [0.717, 1.165) is 18.5 Å². The van der Waals surface area contributed by atoms with Gasteiger partial charge in [-0.3, -0.25) is 0 Å². The number of hydrogen-bond acceptors (Lipinski definition) is 3. The Balaban J connectivity index is 1.83. The molecule has 0 saturated heterocycles. The molecule has 0 saturated carbocycles. The second-order valence-corrected chi connectivity index (χ2v) is 5.39. The Morgan fingerprint density at radius 3 is 2.85 bits per heavy atom. The molecule has 0 unspecified atom stereocenters. The van der Waals surface area contributed by atoms with Crippen LogP contribution in [0.3, 0.4) is 0 Å². The summed E-state index contributed by atoms with van der Waals surface area (Å²) in [6.45, 7) is 0. The maximum absolute atomic E-state index is 13.1. The fraction of sp³-hybridized carbons (Fsp3) is 0.333. The SMILES string of the molecule is Fc1ccc(Nc2ncc3c(n2)CCCCC3)cc1Cl. The van der Waals surface area contributed by atoms with Crippen molar-refractivity contribution < 1.29 is 4.39 Å². The standard InChI is InChI=1S/C15H15ClFN3/c16-12-8-11(6-7-13(12)17)19-15-18-9-10-4-2-1-3-5-14(10)20-15/h6-9H,1-5H2,(H,18,19,20). The number of nitrogens with one attached hydrogen (secondary N) is 1. The predicted octanol–water partition coefficient (Wildman–Crippen LogP) is 4.28. The van der Waals surface area contributed by atoms with Crippen LogP contribution in [0.2, 0.25) is 5.02 Å². The summed E-state index contributed by atoms with van der Waals surface area (Å²) in [5.41, 5.74) is 3.04. The monoisotopic (exact) mass is 291 g/mol. The second kappa shape index (κ2) is 5.75. The van der Waals surface area contributed by atoms with Crippen molar-refractivity contribution in [1.29, 1.82) is 0 Å². The normalized spacial score (nSPS) is 14.5. The Morgan fingerprint density at radius 2 is 2.00 bits per heavy atom. The number of anilines is 2. The molecule has 0 spiro atoms. The minimum absolute atomic E-state index is 0.0877. The Hall–Kier alpha value is -1.68. The lowest BCUT2D eigenvalue weighted by atomic mass is 10.1. The van der Waals surface area contributed by atoms with E-state index >= 15 is 0 Å². The molecule has 1 heterocycles. The Morgan fingerprint density at radius 1 is 1.15 bits per heavy atom. The summed E-state index contributed by atoms with van der Waals surface area (Å²) in [7, 11) is 0. The first kappa shape index (κ1) is 13.3. The van der Waals surface area contributed by atoms with Gasteiger partial charge in [0.1, 0.15) is 5.82 Å². The van der Waals surface area contributed by atoms with E-state index < -0.39 is 5.82 Å². The van der Waals surface area contributed by atoms with Crippen LogP contribution in [0.15, 0.2) is 24.4 Å². The van der Waals surface area contributed by atoms with Crippen LogP contribution >= 0.6 is 11.6 Å². The fourth-order valence-corrected chi connectivity index (χ4v) is 2.60. The lowest BCUT2D eigenvalue weighted by molar-refractivity contribution is 0.628. The van der Waals surface area contributed by atoms with Gasteiger partial charge in [0.15, 0.2) is 0 Å². The van der Waals surface area contributed by atoms with E-state index in [1.807, 2.05) is 6.20 Å². The summed E-state index contributed by atoms with van der Waals surface area (Å²) in [6, 6.07) is 4.48. The molecule has 20 heavy (non-hydrogen) atoms. The van der Waals surface area contributed by atoms with Crippen molar-refractivity contribution in [3.05, 3.63) is 46.5 Å². The topological polar surface area (TPSA) is 37.8 Å². The van der Waals surface area contributed by atoms with Crippen molar-refractivity contribution in [2.75, 3.05) is 5.32 Å². The summed E-state index contributed by atoms with van der Waals surface area (Å²) in [5, 5.41) is 3.16. The zero-order valence-corrected chi connectivity index (χ0v) is 11.8. The first-order valence-electron chi connectivity index (χ1n) is 6.79. The molecule has 1 aromatic heterocycles. The number of fused-ring (bicyclic) bond motifs is 1. The van der Waals surface area contributed by atoms with Crippen molar-refractivity contribution in [3.63, 3.8) is 0 Å². The summed E-state index contributed by atoms with van der Waals surface area (Å²) >= 11 is 5.76. The number of aromatic nitrogens is 2. The smallest absolute Gasteiger partial charge is 0.227 e. The third kappa shape index (κ3) is 2.90. The fourth-order valence-electron chi connectivity index (χ4n) is 2.42. The summed E-state index contributed by atoms with van der Waals surface area (Å²) in [6.07, 6.45) is 7.56. The quantitative estimate of drug-likeness (QED) is 0.839. The number of rotatable bonds is 2. The van der Waals surface area contributed by atoms with Gasteiger partial charge in [-0.15, -0.1) is 0 Å². The molecule has 0 atom stereocenters. The van der Waals surface area contributed by atoms with E-state index in [2.05, 4.69) is 15.3 Å². The Labute approximate surface area is 122 Å². The molecule has 3 nitrogen and oxygen atoms in total. The maximum Gasteiger partial charge on any atom is 0.227 e. The maximum atomic E-state index is 13.1. The van der Waals surface area contributed by atoms with Gasteiger partial charge >= 0.3 is 0 Å². The van der Waals surface area contributed by atoms with Crippen LogP contribution in [0, 0.1) is 5.82 Å². The first-order chi connectivity index (χ1) is 9.72. The average molecular weight is 292 g/mol. The number of halogens is 2. The molecule has 3 rings (SSSR count). The molecule has 0 radical (unpaired) electrons. The van der Waals surface area contributed by atoms with Crippen molar-refractivity contribution in [2.45, 2.75) is 32.1 Å². The lowest BCUT2D eigenvalue weighted by Gasteiger charge is -2.09. The molecular weight excluding hydrogens is 277 g/mol. The van der Waals surface area contributed by atoms with Crippen molar-refractivity contribution in [3.8, 4) is 0 Å². The highest BCUT2D eigenvalue weighted by Gasteiger charge is 2.11. The zero-order valence-electron chi connectivity index (χ0n) is 11.0. The summed E-state index contributed by atoms with van der Waals surface area (Å²) in [4.78, 5) is 8.88. The number of nitrogens with zero attached hydrogens (tertiary/aromatic N) is 2. The van der Waals surface area contributed by atoms with E-state index in [1.54, 1.807) is 6.07 Å². The third-order valence-electron chi connectivity index (χ3n) is 3.49. The van der Waals surface area contributed by atoms with E-state index in [0.29, 0.717) is 11.6 Å². The highest BCUT2D eigenvalue weighted by atomic mass is 35.5. The molecule has 104 valence electrons. The first-order valence-corrected chi connectivity index (χ1v) is 7.17. The van der Waals surface area contributed by atoms with Crippen LogP contribution in [0.4, 0.5) is 16.0 Å². The van der Waals surface area contributed by atoms with Crippen LogP contribution in [0.1, 0.15) is 30.5 Å². The number of hydrogen-bond donors (Lipinski definition) is 1. The van der Waals surface area contributed by atoms with Crippen molar-refractivity contribution >= 4 is 23.2 Å². The van der Waals surface area contributed by atoms with Gasteiger partial charge in [0.05, 0.1) is 5.02 Å². The van der Waals surface area contributed by atoms with Crippen LogP contribution in [0.25, 0.3) is 0 Å². The molecule has 0 bridgehead atoms. The molecule has 1 N–H and O–H groups in total. The average Bonchev–Trinajstić information content (AvgIpc) is 2.68. The van der Waals surface area contributed by atoms with Gasteiger partial charge in [0, 0.05) is 17.6 Å². The molecule has 1 aliphatic carbocycles. The molecule has 0 aliphatic heterocycles. The number of aryl methyl sites for hydroxylation is 2. The van der Waals surface area contributed by atoms with Gasteiger partial charge < -0.3 is 5.32 Å². The highest BCUT2D eigenvalue weighted by Crippen LogP contribution is 2.23. The van der Waals surface area contributed by atoms with Gasteiger partial charge in [0.25, 0.3) is 0 Å². The second-order valence-electron chi connectivity index (χ2n) is 4.98. The highest BCUT2D eigenvalue weighted by molar-refractivity contribution is 6.31. The Kier molecular flexibility index (Phi) is 3.83. The van der Waals surface area contributed by atoms with Gasteiger partial charge in [-0.05, 0) is 49.4 Å². The largest absolute Gasteiger partial charge is 0.324 e. The van der Waals surface area contributed by atoms with Crippen LogP contribution < -0.4 is 5.32 Å². The van der Waals surface area contributed by atoms with Crippen molar-refractivity contribution in [2.24, 2.45) is 0 Å². The molecule has 5 heteroatoms. The van der Waals surface area contributed by atoms with E-state index in [-0.39, 0.29) is 5.02 Å². The van der Waals surface area contributed by atoms with Crippen LogP contribution in [0.5, 0.6) is 0 Å². The summed E-state index contributed by atoms with van der Waals surface area (Å²) in [5.74, 6) is 0.105. The molecular formula is C15H15ClFN3. The van der Waals surface area contributed by atoms with Gasteiger partial charge in [-0.1, -0.05) is 18.0 Å². The minimum Gasteiger partial charge on any atom is -0.324 e. The lowest BCUT2D eigenvalue weighted by Crippen LogP contribution is -2.03. The van der Waals surface area contributed by atoms with E-state index in [1.165, 1.54) is 37.0 Å². The molecule has 0 amide bonds. The van der Waals surface area contributed by atoms with Crippen LogP contribution in [-0.4, -0.2) is 9.97 Å². The molecule has 1 aliphatic rings. The third-order valence-corrected chi connectivity index (χ3v) is 3.78. The van der Waals surface area contributed by atoms with Crippen molar-refractivity contribution in [1.82, 2.24) is 9.97 Å². The van der Waals surface area contributed by atoms with E-state index in [4.69, 9.17) is 11.6 Å². The Bertz CT molecular complexity index is 631. The molecule has 0 fully saturated rings. The molecule has 2 aromatic rings. The summed E-state index contributed by atoms with van der Waals surface area (Å²) < 4.78 is 13.1.